The number of hydrogen-bond donors (Lipinski definition) is 1. The Morgan fingerprint density at radius 3 is 2.94 bits per heavy atom. The number of nitrogens with one attached hydrogen (secondary N) is 1. The first kappa shape index (κ1) is 12.5. The maximum atomic E-state index is 8.78. The van der Waals surface area contributed by atoms with E-state index >= 15 is 0 Å². The predicted molar refractivity (Wildman–Crippen MR) is 71.4 cm³/mol. The van der Waals surface area contributed by atoms with E-state index in [1.54, 1.807) is 12.1 Å². The molecule has 0 aliphatic carbocycles. The predicted octanol–water partition coefficient (Wildman–Crippen LogP) is 3.04. The maximum Gasteiger partial charge on any atom is 0.101 e. The van der Waals surface area contributed by atoms with Crippen LogP contribution in [-0.2, 0) is 13.1 Å². The topological polar surface area (TPSA) is 53.6 Å². The fourth-order valence-electron chi connectivity index (χ4n) is 1.59. The molecule has 0 spiro atoms. The van der Waals surface area contributed by atoms with Crippen LogP contribution < -0.4 is 5.32 Å². The summed E-state index contributed by atoms with van der Waals surface area (Å²) in [4.78, 5) is 0. The van der Waals surface area contributed by atoms with E-state index in [2.05, 4.69) is 10.4 Å². The Morgan fingerprint density at radius 1 is 1.50 bits per heavy atom. The molecule has 1 heterocycles. The third-order valence-corrected chi connectivity index (χ3v) is 2.91. The second-order valence-corrected chi connectivity index (χ2v) is 4.27. The van der Waals surface area contributed by atoms with Crippen molar-refractivity contribution in [1.82, 2.24) is 9.78 Å². The van der Waals surface area contributed by atoms with Gasteiger partial charge < -0.3 is 5.32 Å². The molecule has 0 radical (unpaired) electrons. The quantitative estimate of drug-likeness (QED) is 0.919. The molecule has 1 N–H and O–H groups in total. The lowest BCUT2D eigenvalue weighted by Gasteiger charge is -2.05. The summed E-state index contributed by atoms with van der Waals surface area (Å²) in [5.74, 6) is 0. The van der Waals surface area contributed by atoms with E-state index in [0.29, 0.717) is 17.1 Å². The summed E-state index contributed by atoms with van der Waals surface area (Å²) in [6.07, 6.45) is 3.83. The molecule has 5 heteroatoms. The number of rotatable bonds is 4. The second-order valence-electron chi connectivity index (χ2n) is 3.86. The third-order valence-electron chi connectivity index (χ3n) is 2.60. The molecular formula is C13H13ClN4. The van der Waals surface area contributed by atoms with Crippen LogP contribution in [0.4, 0.5) is 5.69 Å². The summed E-state index contributed by atoms with van der Waals surface area (Å²) in [7, 11) is 0. The molecule has 0 saturated carbocycles. The van der Waals surface area contributed by atoms with Gasteiger partial charge in [0.2, 0.25) is 0 Å². The highest BCUT2D eigenvalue weighted by Crippen LogP contribution is 2.20. The summed E-state index contributed by atoms with van der Waals surface area (Å²) in [6, 6.07) is 7.34. The number of halogens is 1. The van der Waals surface area contributed by atoms with Gasteiger partial charge in [0.05, 0.1) is 16.8 Å². The SMILES string of the molecule is CCn1cc(CNc2ccc(C#N)c(Cl)c2)cn1. The van der Waals surface area contributed by atoms with Crippen molar-refractivity contribution in [2.24, 2.45) is 0 Å². The van der Waals surface area contributed by atoms with Crippen molar-refractivity contribution in [2.75, 3.05) is 5.32 Å². The summed E-state index contributed by atoms with van der Waals surface area (Å²) in [6.45, 7) is 3.59. The molecule has 92 valence electrons. The molecule has 2 rings (SSSR count). The first-order chi connectivity index (χ1) is 8.72. The molecule has 0 amide bonds. The van der Waals surface area contributed by atoms with E-state index in [-0.39, 0.29) is 0 Å². The van der Waals surface area contributed by atoms with Crippen LogP contribution in [0.3, 0.4) is 0 Å². The van der Waals surface area contributed by atoms with Crippen molar-refractivity contribution < 1.29 is 0 Å². The van der Waals surface area contributed by atoms with Crippen molar-refractivity contribution >= 4 is 17.3 Å². The second kappa shape index (κ2) is 5.56. The van der Waals surface area contributed by atoms with Gasteiger partial charge in [-0.05, 0) is 25.1 Å². The maximum absolute atomic E-state index is 8.78. The Labute approximate surface area is 111 Å². The zero-order valence-corrected chi connectivity index (χ0v) is 10.8. The molecule has 1 aromatic carbocycles. The van der Waals surface area contributed by atoms with Gasteiger partial charge in [0.25, 0.3) is 0 Å². The minimum Gasteiger partial charge on any atom is -0.381 e. The summed E-state index contributed by atoms with van der Waals surface area (Å²) in [5, 5.41) is 16.7. The zero-order valence-electron chi connectivity index (χ0n) is 10.0. The molecule has 2 aromatic rings. The Hall–Kier alpha value is -1.99. The van der Waals surface area contributed by atoms with Gasteiger partial charge in [0.1, 0.15) is 6.07 Å². The highest BCUT2D eigenvalue weighted by Gasteiger charge is 2.02. The Bertz CT molecular complexity index is 583. The lowest BCUT2D eigenvalue weighted by atomic mass is 10.2. The van der Waals surface area contributed by atoms with Crippen LogP contribution >= 0.6 is 11.6 Å². The van der Waals surface area contributed by atoms with E-state index in [4.69, 9.17) is 16.9 Å². The van der Waals surface area contributed by atoms with E-state index in [0.717, 1.165) is 17.8 Å². The van der Waals surface area contributed by atoms with Gasteiger partial charge in [-0.3, -0.25) is 4.68 Å². The zero-order chi connectivity index (χ0) is 13.0. The minimum atomic E-state index is 0.465. The molecule has 0 bridgehead atoms. The molecule has 0 aliphatic heterocycles. The summed E-state index contributed by atoms with van der Waals surface area (Å²) >= 11 is 5.96. The molecule has 1 aromatic heterocycles. The van der Waals surface area contributed by atoms with Crippen molar-refractivity contribution in [3.63, 3.8) is 0 Å². The van der Waals surface area contributed by atoms with Crippen LogP contribution in [-0.4, -0.2) is 9.78 Å². The first-order valence-corrected chi connectivity index (χ1v) is 6.05. The fraction of sp³-hybridized carbons (Fsp3) is 0.231. The molecule has 0 saturated heterocycles. The van der Waals surface area contributed by atoms with Crippen LogP contribution in [0, 0.1) is 11.3 Å². The number of aromatic nitrogens is 2. The summed E-state index contributed by atoms with van der Waals surface area (Å²) < 4.78 is 1.88. The lowest BCUT2D eigenvalue weighted by Crippen LogP contribution is -1.99. The number of anilines is 1. The van der Waals surface area contributed by atoms with Gasteiger partial charge in [-0.25, -0.2) is 0 Å². The van der Waals surface area contributed by atoms with Crippen LogP contribution in [0.5, 0.6) is 0 Å². The number of benzene rings is 1. The Kier molecular flexibility index (Phi) is 3.85. The molecule has 4 nitrogen and oxygen atoms in total. The Balaban J connectivity index is 2.02. The minimum absolute atomic E-state index is 0.465. The van der Waals surface area contributed by atoms with Crippen molar-refractivity contribution in [3.8, 4) is 6.07 Å². The van der Waals surface area contributed by atoms with Gasteiger partial charge in [0, 0.05) is 30.5 Å². The standard InChI is InChI=1S/C13H13ClN4/c1-2-18-9-10(8-17-18)7-16-12-4-3-11(6-15)13(14)5-12/h3-5,8-9,16H,2,7H2,1H3. The highest BCUT2D eigenvalue weighted by atomic mass is 35.5. The van der Waals surface area contributed by atoms with E-state index in [1.807, 2.05) is 36.1 Å². The van der Waals surface area contributed by atoms with Crippen LogP contribution in [0.15, 0.2) is 30.6 Å². The Morgan fingerprint density at radius 2 is 2.33 bits per heavy atom. The van der Waals surface area contributed by atoms with Crippen LogP contribution in [0.25, 0.3) is 0 Å². The third kappa shape index (κ3) is 2.82. The van der Waals surface area contributed by atoms with E-state index in [9.17, 15) is 0 Å². The molecule has 0 aliphatic rings. The smallest absolute Gasteiger partial charge is 0.101 e. The van der Waals surface area contributed by atoms with E-state index in [1.165, 1.54) is 0 Å². The number of nitriles is 1. The molecule has 18 heavy (non-hydrogen) atoms. The van der Waals surface area contributed by atoms with E-state index < -0.39 is 0 Å². The van der Waals surface area contributed by atoms with Gasteiger partial charge >= 0.3 is 0 Å². The average Bonchev–Trinajstić information content (AvgIpc) is 2.84. The van der Waals surface area contributed by atoms with Crippen molar-refractivity contribution in [2.45, 2.75) is 20.0 Å². The molecule has 0 fully saturated rings. The molecule has 0 unspecified atom stereocenters. The number of nitrogens with zero attached hydrogens (tertiary/aromatic N) is 3. The largest absolute Gasteiger partial charge is 0.381 e. The van der Waals surface area contributed by atoms with Crippen molar-refractivity contribution in [3.05, 3.63) is 46.7 Å². The van der Waals surface area contributed by atoms with Gasteiger partial charge in [-0.2, -0.15) is 10.4 Å². The molecule has 0 atom stereocenters. The monoisotopic (exact) mass is 260 g/mol. The first-order valence-electron chi connectivity index (χ1n) is 5.67. The lowest BCUT2D eigenvalue weighted by molar-refractivity contribution is 0.659. The fourth-order valence-corrected chi connectivity index (χ4v) is 1.81. The van der Waals surface area contributed by atoms with Crippen molar-refractivity contribution in [1.29, 1.82) is 5.26 Å². The van der Waals surface area contributed by atoms with Gasteiger partial charge in [0.15, 0.2) is 0 Å². The number of aryl methyl sites for hydroxylation is 1. The highest BCUT2D eigenvalue weighted by molar-refractivity contribution is 6.32. The van der Waals surface area contributed by atoms with Gasteiger partial charge in [-0.1, -0.05) is 11.6 Å². The summed E-state index contributed by atoms with van der Waals surface area (Å²) in [5.41, 5.74) is 2.49. The van der Waals surface area contributed by atoms with Crippen LogP contribution in [0.2, 0.25) is 5.02 Å². The number of hydrogen-bond acceptors (Lipinski definition) is 3. The molecular weight excluding hydrogens is 248 g/mol. The average molecular weight is 261 g/mol. The normalized spacial score (nSPS) is 10.1. The van der Waals surface area contributed by atoms with Gasteiger partial charge in [-0.15, -0.1) is 0 Å². The van der Waals surface area contributed by atoms with Crippen LogP contribution in [0.1, 0.15) is 18.1 Å².